The highest BCUT2D eigenvalue weighted by atomic mass is 15.2. The molecule has 0 aliphatic rings. The fourth-order valence-corrected chi connectivity index (χ4v) is 1.94. The molecule has 0 fully saturated rings. The van der Waals surface area contributed by atoms with E-state index in [-0.39, 0.29) is 0 Å². The summed E-state index contributed by atoms with van der Waals surface area (Å²) >= 11 is 0. The number of fused-ring (bicyclic) bond motifs is 1. The van der Waals surface area contributed by atoms with Crippen molar-refractivity contribution in [3.8, 4) is 0 Å². The molecule has 86 valence electrons. The van der Waals surface area contributed by atoms with Crippen molar-refractivity contribution in [2.24, 2.45) is 11.7 Å². The van der Waals surface area contributed by atoms with Crippen LogP contribution in [0.25, 0.3) is 11.0 Å². The Bertz CT molecular complexity index is 499. The molecule has 16 heavy (non-hydrogen) atoms. The minimum Gasteiger partial charge on any atom is -0.369 e. The second-order valence-electron chi connectivity index (χ2n) is 4.46. The van der Waals surface area contributed by atoms with Crippen LogP contribution < -0.4 is 11.5 Å². The number of benzene rings is 1. The summed E-state index contributed by atoms with van der Waals surface area (Å²) in [6.45, 7) is 5.71. The highest BCUT2D eigenvalue weighted by Crippen LogP contribution is 2.22. The molecule has 0 amide bonds. The summed E-state index contributed by atoms with van der Waals surface area (Å²) in [5.41, 5.74) is 14.7. The zero-order valence-corrected chi connectivity index (χ0v) is 9.77. The Kier molecular flexibility index (Phi) is 2.83. The normalized spacial score (nSPS) is 11.5. The highest BCUT2D eigenvalue weighted by molar-refractivity contribution is 5.81. The lowest BCUT2D eigenvalue weighted by Crippen LogP contribution is -2.07. The van der Waals surface area contributed by atoms with Gasteiger partial charge in [0.1, 0.15) is 0 Å². The summed E-state index contributed by atoms with van der Waals surface area (Å²) in [6, 6.07) is 6.04. The molecule has 1 aromatic carbocycles. The Balaban J connectivity index is 2.61. The van der Waals surface area contributed by atoms with E-state index in [9.17, 15) is 0 Å². The van der Waals surface area contributed by atoms with E-state index in [1.807, 2.05) is 18.2 Å². The van der Waals surface area contributed by atoms with Gasteiger partial charge in [0.15, 0.2) is 0 Å². The molecule has 2 aromatic rings. The van der Waals surface area contributed by atoms with E-state index in [1.54, 1.807) is 0 Å². The van der Waals surface area contributed by atoms with Gasteiger partial charge in [0.25, 0.3) is 0 Å². The first-order valence-corrected chi connectivity index (χ1v) is 5.57. The van der Waals surface area contributed by atoms with Crippen LogP contribution in [0.4, 0.5) is 5.95 Å². The molecule has 0 aliphatic carbocycles. The number of anilines is 1. The summed E-state index contributed by atoms with van der Waals surface area (Å²) in [5.74, 6) is 1.12. The number of imidazole rings is 1. The Morgan fingerprint density at radius 1 is 1.38 bits per heavy atom. The van der Waals surface area contributed by atoms with Crippen LogP contribution in [0, 0.1) is 5.92 Å². The molecule has 0 aliphatic heterocycles. The minimum absolute atomic E-state index is 0.496. The Labute approximate surface area is 95.3 Å². The molecule has 0 atom stereocenters. The van der Waals surface area contributed by atoms with Crippen LogP contribution in [0.15, 0.2) is 18.2 Å². The maximum absolute atomic E-state index is 5.94. The molecular formula is C12H18N4. The second kappa shape index (κ2) is 4.14. The first kappa shape index (κ1) is 11.0. The van der Waals surface area contributed by atoms with Crippen LogP contribution in [0.1, 0.15) is 19.4 Å². The van der Waals surface area contributed by atoms with Crippen molar-refractivity contribution in [1.29, 1.82) is 0 Å². The first-order chi connectivity index (χ1) is 7.63. The van der Waals surface area contributed by atoms with Gasteiger partial charge >= 0.3 is 0 Å². The summed E-state index contributed by atoms with van der Waals surface area (Å²) in [5, 5.41) is 0. The first-order valence-electron chi connectivity index (χ1n) is 5.57. The van der Waals surface area contributed by atoms with E-state index < -0.39 is 0 Å². The zero-order chi connectivity index (χ0) is 11.7. The standard InChI is InChI=1S/C12H18N4/c1-8(2)7-16-10-5-3-4-9(6-13)11(10)15-12(16)14/h3-5,8H,6-7,13H2,1-2H3,(H2,14,15). The number of nitrogen functional groups attached to an aromatic ring is 1. The van der Waals surface area contributed by atoms with Gasteiger partial charge in [-0.1, -0.05) is 26.0 Å². The van der Waals surface area contributed by atoms with Crippen LogP contribution in [0.3, 0.4) is 0 Å². The Morgan fingerprint density at radius 2 is 2.12 bits per heavy atom. The average Bonchev–Trinajstić information content (AvgIpc) is 2.55. The number of aromatic nitrogens is 2. The maximum atomic E-state index is 5.94. The molecular weight excluding hydrogens is 200 g/mol. The van der Waals surface area contributed by atoms with E-state index in [4.69, 9.17) is 11.5 Å². The molecule has 0 radical (unpaired) electrons. The van der Waals surface area contributed by atoms with Crippen molar-refractivity contribution in [3.05, 3.63) is 23.8 Å². The molecule has 0 spiro atoms. The molecule has 0 saturated heterocycles. The number of hydrogen-bond donors (Lipinski definition) is 2. The molecule has 4 heteroatoms. The lowest BCUT2D eigenvalue weighted by atomic mass is 10.1. The van der Waals surface area contributed by atoms with E-state index in [0.717, 1.165) is 23.1 Å². The van der Waals surface area contributed by atoms with E-state index in [2.05, 4.69) is 23.4 Å². The van der Waals surface area contributed by atoms with Gasteiger partial charge in [-0.2, -0.15) is 0 Å². The van der Waals surface area contributed by atoms with Gasteiger partial charge in [-0.15, -0.1) is 0 Å². The largest absolute Gasteiger partial charge is 0.369 e. The fraction of sp³-hybridized carbons (Fsp3) is 0.417. The van der Waals surface area contributed by atoms with Crippen molar-refractivity contribution < 1.29 is 0 Å². The van der Waals surface area contributed by atoms with Crippen LogP contribution in [-0.2, 0) is 13.1 Å². The smallest absolute Gasteiger partial charge is 0.201 e. The van der Waals surface area contributed by atoms with Gasteiger partial charge < -0.3 is 16.0 Å². The number of nitrogens with zero attached hydrogens (tertiary/aromatic N) is 2. The van der Waals surface area contributed by atoms with Crippen molar-refractivity contribution >= 4 is 17.0 Å². The molecule has 4 nitrogen and oxygen atoms in total. The number of nitrogens with two attached hydrogens (primary N) is 2. The number of rotatable bonds is 3. The van der Waals surface area contributed by atoms with Crippen molar-refractivity contribution in [3.63, 3.8) is 0 Å². The van der Waals surface area contributed by atoms with Crippen molar-refractivity contribution in [1.82, 2.24) is 9.55 Å². The summed E-state index contributed by atoms with van der Waals surface area (Å²) in [4.78, 5) is 4.40. The SMILES string of the molecule is CC(C)Cn1c(N)nc2c(CN)cccc21. The Hall–Kier alpha value is -1.55. The molecule has 0 saturated carbocycles. The quantitative estimate of drug-likeness (QED) is 0.824. The molecule has 4 N–H and O–H groups in total. The summed E-state index contributed by atoms with van der Waals surface area (Å²) in [7, 11) is 0. The van der Waals surface area contributed by atoms with Crippen LogP contribution in [0.2, 0.25) is 0 Å². The third kappa shape index (κ3) is 1.76. The topological polar surface area (TPSA) is 69.9 Å². The monoisotopic (exact) mass is 218 g/mol. The third-order valence-corrected chi connectivity index (χ3v) is 2.66. The van der Waals surface area contributed by atoms with Gasteiger partial charge in [0.05, 0.1) is 11.0 Å². The molecule has 0 bridgehead atoms. The minimum atomic E-state index is 0.496. The van der Waals surface area contributed by atoms with Crippen molar-refractivity contribution in [2.75, 3.05) is 5.73 Å². The van der Waals surface area contributed by atoms with Gasteiger partial charge in [-0.3, -0.25) is 0 Å². The van der Waals surface area contributed by atoms with Gasteiger partial charge in [-0.05, 0) is 17.5 Å². The molecule has 0 unspecified atom stereocenters. The summed E-state index contributed by atoms with van der Waals surface area (Å²) in [6.07, 6.45) is 0. The molecule has 2 rings (SSSR count). The van der Waals surface area contributed by atoms with Gasteiger partial charge in [0.2, 0.25) is 5.95 Å². The van der Waals surface area contributed by atoms with E-state index >= 15 is 0 Å². The third-order valence-electron chi connectivity index (χ3n) is 2.66. The zero-order valence-electron chi connectivity index (χ0n) is 9.77. The number of hydrogen-bond acceptors (Lipinski definition) is 3. The lowest BCUT2D eigenvalue weighted by molar-refractivity contribution is 0.538. The van der Waals surface area contributed by atoms with E-state index in [0.29, 0.717) is 18.4 Å². The van der Waals surface area contributed by atoms with Gasteiger partial charge in [-0.25, -0.2) is 4.98 Å². The predicted molar refractivity (Wildman–Crippen MR) is 66.9 cm³/mol. The molecule has 1 aromatic heterocycles. The average molecular weight is 218 g/mol. The predicted octanol–water partition coefficient (Wildman–Crippen LogP) is 1.73. The van der Waals surface area contributed by atoms with Crippen molar-refractivity contribution in [2.45, 2.75) is 26.9 Å². The van der Waals surface area contributed by atoms with E-state index in [1.165, 1.54) is 0 Å². The highest BCUT2D eigenvalue weighted by Gasteiger charge is 2.11. The molecule has 1 heterocycles. The summed E-state index contributed by atoms with van der Waals surface area (Å²) < 4.78 is 2.05. The Morgan fingerprint density at radius 3 is 2.75 bits per heavy atom. The number of para-hydroxylation sites is 1. The van der Waals surface area contributed by atoms with Crippen LogP contribution in [-0.4, -0.2) is 9.55 Å². The van der Waals surface area contributed by atoms with Crippen LogP contribution >= 0.6 is 0 Å². The van der Waals surface area contributed by atoms with Gasteiger partial charge in [0, 0.05) is 13.1 Å². The lowest BCUT2D eigenvalue weighted by Gasteiger charge is -2.09. The van der Waals surface area contributed by atoms with Crippen LogP contribution in [0.5, 0.6) is 0 Å². The maximum Gasteiger partial charge on any atom is 0.201 e. The second-order valence-corrected chi connectivity index (χ2v) is 4.46. The fourth-order valence-electron chi connectivity index (χ4n) is 1.94.